The van der Waals surface area contributed by atoms with Gasteiger partial charge in [0, 0.05) is 6.26 Å². The summed E-state index contributed by atoms with van der Waals surface area (Å²) in [6.45, 7) is 5.01. The Hall–Kier alpha value is -1.87. The van der Waals surface area contributed by atoms with Gasteiger partial charge in [0.2, 0.25) is 0 Å². The molecule has 1 aromatic carbocycles. The third-order valence-corrected chi connectivity index (χ3v) is 5.49. The maximum absolute atomic E-state index is 12.4. The SMILES string of the molecule is CCOc1ccc(C(C#N)C(=O)C(C)(C)S(C)(=O)=O)cc1. The van der Waals surface area contributed by atoms with Gasteiger partial charge in [0.25, 0.3) is 0 Å². The molecule has 0 saturated carbocycles. The highest BCUT2D eigenvalue weighted by Crippen LogP contribution is 2.28. The lowest BCUT2D eigenvalue weighted by molar-refractivity contribution is -0.121. The lowest BCUT2D eigenvalue weighted by Crippen LogP contribution is -2.42. The molecule has 1 atom stereocenters. The van der Waals surface area contributed by atoms with Crippen molar-refractivity contribution >= 4 is 15.6 Å². The highest BCUT2D eigenvalue weighted by molar-refractivity contribution is 7.92. The predicted octanol–water partition coefficient (Wildman–Crippen LogP) is 2.08. The molecule has 0 N–H and O–H groups in total. The molecule has 0 aromatic heterocycles. The fourth-order valence-corrected chi connectivity index (χ4v) is 2.22. The lowest BCUT2D eigenvalue weighted by atomic mass is 9.89. The summed E-state index contributed by atoms with van der Waals surface area (Å²) in [5, 5.41) is 9.25. The molecule has 114 valence electrons. The van der Waals surface area contributed by atoms with Crippen LogP contribution in [0.5, 0.6) is 5.75 Å². The fraction of sp³-hybridized carbons (Fsp3) is 0.467. The number of benzene rings is 1. The minimum absolute atomic E-state index is 0.461. The Labute approximate surface area is 125 Å². The first-order chi connectivity index (χ1) is 9.65. The molecular weight excluding hydrogens is 290 g/mol. The first kappa shape index (κ1) is 17.2. The van der Waals surface area contributed by atoms with E-state index in [0.717, 1.165) is 6.26 Å². The molecule has 0 radical (unpaired) electrons. The molecule has 0 spiro atoms. The quantitative estimate of drug-likeness (QED) is 0.803. The zero-order valence-electron chi connectivity index (χ0n) is 12.6. The normalized spacial score (nSPS) is 13.3. The van der Waals surface area contributed by atoms with E-state index in [2.05, 4.69) is 0 Å². The number of rotatable bonds is 6. The van der Waals surface area contributed by atoms with Gasteiger partial charge in [-0.15, -0.1) is 0 Å². The minimum atomic E-state index is -3.61. The summed E-state index contributed by atoms with van der Waals surface area (Å²) in [6.07, 6.45) is 0.998. The Morgan fingerprint density at radius 2 is 1.86 bits per heavy atom. The number of carbonyl (C=O) groups excluding carboxylic acids is 1. The maximum Gasteiger partial charge on any atom is 0.175 e. The van der Waals surface area contributed by atoms with E-state index in [1.165, 1.54) is 13.8 Å². The largest absolute Gasteiger partial charge is 0.494 e. The summed E-state index contributed by atoms with van der Waals surface area (Å²) in [4.78, 5) is 12.4. The van der Waals surface area contributed by atoms with Gasteiger partial charge >= 0.3 is 0 Å². The average molecular weight is 309 g/mol. The van der Waals surface area contributed by atoms with Crippen molar-refractivity contribution in [1.29, 1.82) is 5.26 Å². The van der Waals surface area contributed by atoms with Crippen molar-refractivity contribution in [3.63, 3.8) is 0 Å². The van der Waals surface area contributed by atoms with Crippen molar-refractivity contribution < 1.29 is 17.9 Å². The Bertz CT molecular complexity index is 654. The van der Waals surface area contributed by atoms with E-state index in [1.54, 1.807) is 24.3 Å². The molecule has 0 amide bonds. The molecular formula is C15H19NO4S. The molecule has 6 heteroatoms. The standard InChI is InChI=1S/C15H19NO4S/c1-5-20-12-8-6-11(7-9-12)13(10-16)14(17)15(2,3)21(4,18)19/h6-9,13H,5H2,1-4H3. The van der Waals surface area contributed by atoms with E-state index < -0.39 is 26.3 Å². The number of sulfone groups is 1. The fourth-order valence-electron chi connectivity index (χ4n) is 1.74. The summed E-state index contributed by atoms with van der Waals surface area (Å²) in [5.41, 5.74) is 0.461. The van der Waals surface area contributed by atoms with Gasteiger partial charge in [0.1, 0.15) is 16.4 Å². The van der Waals surface area contributed by atoms with Crippen LogP contribution < -0.4 is 4.74 Å². The zero-order chi connectivity index (χ0) is 16.3. The van der Waals surface area contributed by atoms with Gasteiger partial charge in [-0.2, -0.15) is 5.26 Å². The summed E-state index contributed by atoms with van der Waals surface area (Å²) in [7, 11) is -3.61. The van der Waals surface area contributed by atoms with Crippen LogP contribution in [-0.2, 0) is 14.6 Å². The van der Waals surface area contributed by atoms with E-state index in [9.17, 15) is 18.5 Å². The van der Waals surface area contributed by atoms with Gasteiger partial charge < -0.3 is 4.74 Å². The first-order valence-corrected chi connectivity index (χ1v) is 8.40. The van der Waals surface area contributed by atoms with Crippen molar-refractivity contribution in [3.05, 3.63) is 29.8 Å². The molecule has 0 aliphatic heterocycles. The van der Waals surface area contributed by atoms with Crippen LogP contribution in [0.25, 0.3) is 0 Å². The van der Waals surface area contributed by atoms with Gasteiger partial charge in [0.05, 0.1) is 12.7 Å². The second-order valence-electron chi connectivity index (χ2n) is 5.21. The number of ether oxygens (including phenoxy) is 1. The molecule has 0 bridgehead atoms. The van der Waals surface area contributed by atoms with E-state index in [0.29, 0.717) is 17.9 Å². The lowest BCUT2D eigenvalue weighted by Gasteiger charge is -2.23. The number of hydrogen-bond donors (Lipinski definition) is 0. The van der Waals surface area contributed by atoms with Gasteiger partial charge in [-0.1, -0.05) is 12.1 Å². The van der Waals surface area contributed by atoms with Crippen LogP contribution in [0.1, 0.15) is 32.3 Å². The van der Waals surface area contributed by atoms with Crippen LogP contribution in [0.15, 0.2) is 24.3 Å². The van der Waals surface area contributed by atoms with Crippen LogP contribution in [0, 0.1) is 11.3 Å². The van der Waals surface area contributed by atoms with E-state index >= 15 is 0 Å². The zero-order valence-corrected chi connectivity index (χ0v) is 13.4. The Kier molecular flexibility index (Phi) is 5.13. The molecule has 1 aromatic rings. The van der Waals surface area contributed by atoms with Crippen LogP contribution in [0.3, 0.4) is 0 Å². The van der Waals surface area contributed by atoms with Gasteiger partial charge in [-0.3, -0.25) is 4.79 Å². The monoisotopic (exact) mass is 309 g/mol. The average Bonchev–Trinajstić information content (AvgIpc) is 2.40. The molecule has 0 aliphatic rings. The second-order valence-corrected chi connectivity index (χ2v) is 7.78. The predicted molar refractivity (Wildman–Crippen MR) is 79.9 cm³/mol. The first-order valence-electron chi connectivity index (χ1n) is 6.51. The van der Waals surface area contributed by atoms with E-state index in [1.807, 2.05) is 13.0 Å². The third kappa shape index (κ3) is 3.61. The molecule has 0 heterocycles. The topological polar surface area (TPSA) is 84.2 Å². The maximum atomic E-state index is 12.4. The van der Waals surface area contributed by atoms with Crippen molar-refractivity contribution in [2.75, 3.05) is 12.9 Å². The van der Waals surface area contributed by atoms with Crippen molar-refractivity contribution in [1.82, 2.24) is 0 Å². The summed E-state index contributed by atoms with van der Waals surface area (Å²) in [6, 6.07) is 8.42. The Morgan fingerprint density at radius 3 is 2.24 bits per heavy atom. The van der Waals surface area contributed by atoms with E-state index in [-0.39, 0.29) is 0 Å². The molecule has 5 nitrogen and oxygen atoms in total. The molecule has 1 rings (SSSR count). The summed E-state index contributed by atoms with van der Waals surface area (Å²) < 4.78 is 27.2. The van der Waals surface area contributed by atoms with Gasteiger partial charge in [-0.25, -0.2) is 8.42 Å². The number of carbonyl (C=O) groups is 1. The van der Waals surface area contributed by atoms with Crippen molar-refractivity contribution in [3.8, 4) is 11.8 Å². The van der Waals surface area contributed by atoms with Crippen LogP contribution in [0.4, 0.5) is 0 Å². The van der Waals surface area contributed by atoms with Crippen LogP contribution in [-0.4, -0.2) is 31.8 Å². The number of Topliss-reactive ketones (excluding diaryl/α,β-unsaturated/α-hetero) is 1. The van der Waals surface area contributed by atoms with E-state index in [4.69, 9.17) is 4.74 Å². The highest BCUT2D eigenvalue weighted by atomic mass is 32.2. The minimum Gasteiger partial charge on any atom is -0.494 e. The Balaban J connectivity index is 3.15. The molecule has 21 heavy (non-hydrogen) atoms. The molecule has 0 aliphatic carbocycles. The molecule has 0 fully saturated rings. The summed E-state index contributed by atoms with van der Waals surface area (Å²) in [5.74, 6) is -1.12. The van der Waals surface area contributed by atoms with Gasteiger partial charge in [-0.05, 0) is 38.5 Å². The summed E-state index contributed by atoms with van der Waals surface area (Å²) >= 11 is 0. The second kappa shape index (κ2) is 6.27. The van der Waals surface area contributed by atoms with Crippen LogP contribution >= 0.6 is 0 Å². The van der Waals surface area contributed by atoms with Crippen molar-refractivity contribution in [2.45, 2.75) is 31.4 Å². The number of nitriles is 1. The number of ketones is 1. The highest BCUT2D eigenvalue weighted by Gasteiger charge is 2.42. The number of hydrogen-bond acceptors (Lipinski definition) is 5. The van der Waals surface area contributed by atoms with Crippen LogP contribution in [0.2, 0.25) is 0 Å². The Morgan fingerprint density at radius 1 is 1.33 bits per heavy atom. The third-order valence-electron chi connectivity index (χ3n) is 3.44. The molecule has 0 saturated heterocycles. The molecule has 1 unspecified atom stereocenters. The van der Waals surface area contributed by atoms with Crippen molar-refractivity contribution in [2.24, 2.45) is 0 Å². The van der Waals surface area contributed by atoms with Gasteiger partial charge in [0.15, 0.2) is 15.6 Å². The smallest absolute Gasteiger partial charge is 0.175 e. The number of nitrogens with zero attached hydrogens (tertiary/aromatic N) is 1.